The monoisotopic (exact) mass is 382 g/mol. The van der Waals surface area contributed by atoms with Gasteiger partial charge in [-0.25, -0.2) is 0 Å². The van der Waals surface area contributed by atoms with Crippen molar-refractivity contribution < 1.29 is 14.1 Å². The summed E-state index contributed by atoms with van der Waals surface area (Å²) in [5.74, 6) is 1.32. The van der Waals surface area contributed by atoms with Crippen LogP contribution in [0, 0.1) is 11.3 Å². The Hall–Kier alpha value is -2.70. The van der Waals surface area contributed by atoms with E-state index in [1.807, 2.05) is 30.3 Å². The third kappa shape index (κ3) is 4.08. The molecule has 148 valence electrons. The lowest BCUT2D eigenvalue weighted by Crippen LogP contribution is -2.52. The van der Waals surface area contributed by atoms with Crippen LogP contribution in [0.4, 0.5) is 0 Å². The van der Waals surface area contributed by atoms with Gasteiger partial charge in [0.1, 0.15) is 0 Å². The number of piperidine rings is 1. The molecule has 2 heterocycles. The number of aryl methyl sites for hydroxylation is 1. The van der Waals surface area contributed by atoms with Crippen molar-refractivity contribution in [2.45, 2.75) is 44.9 Å². The van der Waals surface area contributed by atoms with Crippen LogP contribution >= 0.6 is 0 Å². The van der Waals surface area contributed by atoms with E-state index in [0.29, 0.717) is 37.1 Å². The van der Waals surface area contributed by atoms with Gasteiger partial charge in [-0.3, -0.25) is 9.59 Å². The average Bonchev–Trinajstić information content (AvgIpc) is 3.39. The highest BCUT2D eigenvalue weighted by atomic mass is 16.5. The molecule has 7 heteroatoms. The number of aromatic nitrogens is 2. The Balaban J connectivity index is 1.36. The van der Waals surface area contributed by atoms with Crippen LogP contribution in [0.3, 0.4) is 0 Å². The van der Waals surface area contributed by atoms with Crippen molar-refractivity contribution in [2.24, 2.45) is 17.1 Å². The fraction of sp³-hybridized carbons (Fsp3) is 0.524. The van der Waals surface area contributed by atoms with Gasteiger partial charge in [-0.05, 0) is 25.2 Å². The summed E-state index contributed by atoms with van der Waals surface area (Å²) in [4.78, 5) is 31.1. The van der Waals surface area contributed by atoms with E-state index in [2.05, 4.69) is 10.1 Å². The number of primary amides is 1. The first-order chi connectivity index (χ1) is 13.6. The predicted octanol–water partition coefficient (Wildman–Crippen LogP) is 2.56. The zero-order chi connectivity index (χ0) is 19.6. The Morgan fingerprint density at radius 2 is 2.04 bits per heavy atom. The molecular formula is C21H26N4O3. The lowest BCUT2D eigenvalue weighted by atomic mass is 9.75. The van der Waals surface area contributed by atoms with Gasteiger partial charge in [0, 0.05) is 31.5 Å². The first-order valence-electron chi connectivity index (χ1n) is 10.0. The minimum absolute atomic E-state index is 0.0144. The van der Waals surface area contributed by atoms with Gasteiger partial charge in [0.25, 0.3) is 0 Å². The fourth-order valence-electron chi connectivity index (χ4n) is 4.12. The van der Waals surface area contributed by atoms with Gasteiger partial charge in [0.2, 0.25) is 23.5 Å². The highest BCUT2D eigenvalue weighted by molar-refractivity contribution is 5.83. The van der Waals surface area contributed by atoms with Gasteiger partial charge in [-0.1, -0.05) is 48.3 Å². The fourth-order valence-corrected chi connectivity index (χ4v) is 4.12. The van der Waals surface area contributed by atoms with Crippen molar-refractivity contribution in [3.8, 4) is 11.4 Å². The van der Waals surface area contributed by atoms with Crippen LogP contribution in [-0.2, 0) is 16.0 Å². The lowest BCUT2D eigenvalue weighted by molar-refractivity contribution is -0.140. The third-order valence-corrected chi connectivity index (χ3v) is 5.88. The van der Waals surface area contributed by atoms with E-state index in [-0.39, 0.29) is 18.2 Å². The Kier molecular flexibility index (Phi) is 5.15. The lowest BCUT2D eigenvalue weighted by Gasteiger charge is -2.41. The summed E-state index contributed by atoms with van der Waals surface area (Å²) in [6, 6.07) is 9.58. The van der Waals surface area contributed by atoms with Gasteiger partial charge in [-0.15, -0.1) is 0 Å². The zero-order valence-electron chi connectivity index (χ0n) is 16.0. The summed E-state index contributed by atoms with van der Waals surface area (Å²) in [5, 5.41) is 3.99. The maximum absolute atomic E-state index is 12.7. The second-order valence-corrected chi connectivity index (χ2v) is 8.09. The minimum atomic E-state index is -0.556. The Bertz CT molecular complexity index is 846. The summed E-state index contributed by atoms with van der Waals surface area (Å²) in [6.07, 6.45) is 5.44. The largest absolute Gasteiger partial charge is 0.369 e. The molecule has 1 aromatic carbocycles. The number of carbonyl (C=O) groups excluding carboxylic acids is 2. The number of hydrogen-bond donors (Lipinski definition) is 1. The molecule has 7 nitrogen and oxygen atoms in total. The zero-order valence-corrected chi connectivity index (χ0v) is 16.0. The van der Waals surface area contributed by atoms with Crippen LogP contribution in [0.15, 0.2) is 34.9 Å². The van der Waals surface area contributed by atoms with E-state index in [0.717, 1.165) is 24.8 Å². The molecule has 1 aliphatic heterocycles. The highest BCUT2D eigenvalue weighted by Crippen LogP contribution is 2.44. The van der Waals surface area contributed by atoms with Gasteiger partial charge >= 0.3 is 0 Å². The number of nitrogens with zero attached hydrogens (tertiary/aromatic N) is 3. The van der Waals surface area contributed by atoms with E-state index in [9.17, 15) is 9.59 Å². The number of nitrogens with two attached hydrogens (primary N) is 1. The maximum Gasteiger partial charge on any atom is 0.227 e. The molecule has 2 N–H and O–H groups in total. The summed E-state index contributed by atoms with van der Waals surface area (Å²) in [5.41, 5.74) is 6.08. The van der Waals surface area contributed by atoms with Crippen molar-refractivity contribution in [2.75, 3.05) is 13.1 Å². The predicted molar refractivity (Wildman–Crippen MR) is 103 cm³/mol. The van der Waals surface area contributed by atoms with Crippen LogP contribution in [0.5, 0.6) is 0 Å². The normalized spacial score (nSPS) is 22.2. The molecule has 1 saturated heterocycles. The number of hydrogen-bond acceptors (Lipinski definition) is 5. The highest BCUT2D eigenvalue weighted by Gasteiger charge is 2.45. The molecule has 4 rings (SSSR count). The molecule has 0 radical (unpaired) electrons. The molecule has 0 spiro atoms. The van der Waals surface area contributed by atoms with Crippen LogP contribution in [0.25, 0.3) is 11.4 Å². The number of likely N-dealkylation sites (tertiary alicyclic amines) is 1. The molecule has 28 heavy (non-hydrogen) atoms. The minimum Gasteiger partial charge on any atom is -0.369 e. The summed E-state index contributed by atoms with van der Waals surface area (Å²) in [7, 11) is 0. The van der Waals surface area contributed by atoms with Crippen LogP contribution in [-0.4, -0.2) is 39.9 Å². The molecule has 1 aliphatic carbocycles. The Labute approximate surface area is 164 Å². The third-order valence-electron chi connectivity index (χ3n) is 5.88. The second kappa shape index (κ2) is 7.73. The summed E-state index contributed by atoms with van der Waals surface area (Å²) < 4.78 is 5.29. The quantitative estimate of drug-likeness (QED) is 0.793. The maximum atomic E-state index is 12.7. The first-order valence-corrected chi connectivity index (χ1v) is 10.0. The SMILES string of the molecule is NC(=O)C1(CC2CC2)CCCN(C(=O)CCc2nc(-c3ccccc3)no2)C1. The number of amides is 2. The van der Waals surface area contributed by atoms with Crippen molar-refractivity contribution in [1.29, 1.82) is 0 Å². The Morgan fingerprint density at radius 3 is 2.75 bits per heavy atom. The number of benzene rings is 1. The molecule has 1 aromatic heterocycles. The molecule has 2 fully saturated rings. The van der Waals surface area contributed by atoms with E-state index >= 15 is 0 Å². The van der Waals surface area contributed by atoms with Crippen molar-refractivity contribution in [1.82, 2.24) is 15.0 Å². The standard InChI is InChI=1S/C21H26N4O3/c22-20(27)21(13-15-7-8-15)11-4-12-25(14-21)18(26)10-9-17-23-19(24-28-17)16-5-2-1-3-6-16/h1-3,5-6,15H,4,7-14H2,(H2,22,27). The van der Waals surface area contributed by atoms with Gasteiger partial charge in [0.15, 0.2) is 0 Å². The van der Waals surface area contributed by atoms with E-state index < -0.39 is 5.41 Å². The van der Waals surface area contributed by atoms with Crippen molar-refractivity contribution >= 4 is 11.8 Å². The molecule has 1 unspecified atom stereocenters. The molecule has 1 atom stereocenters. The van der Waals surface area contributed by atoms with Gasteiger partial charge in [0.05, 0.1) is 5.41 Å². The molecule has 2 aromatic rings. The van der Waals surface area contributed by atoms with E-state index in [4.69, 9.17) is 10.3 Å². The summed E-state index contributed by atoms with van der Waals surface area (Å²) >= 11 is 0. The summed E-state index contributed by atoms with van der Waals surface area (Å²) in [6.45, 7) is 1.12. The van der Waals surface area contributed by atoms with Crippen molar-refractivity contribution in [3.63, 3.8) is 0 Å². The molecular weight excluding hydrogens is 356 g/mol. The van der Waals surface area contributed by atoms with Crippen LogP contribution < -0.4 is 5.73 Å². The second-order valence-electron chi connectivity index (χ2n) is 8.09. The molecule has 2 amide bonds. The molecule has 1 saturated carbocycles. The van der Waals surface area contributed by atoms with Crippen molar-refractivity contribution in [3.05, 3.63) is 36.2 Å². The average molecular weight is 382 g/mol. The van der Waals surface area contributed by atoms with E-state index in [1.54, 1.807) is 4.90 Å². The van der Waals surface area contributed by atoms with Crippen LogP contribution in [0.2, 0.25) is 0 Å². The van der Waals surface area contributed by atoms with Crippen LogP contribution in [0.1, 0.15) is 44.4 Å². The smallest absolute Gasteiger partial charge is 0.227 e. The van der Waals surface area contributed by atoms with E-state index in [1.165, 1.54) is 12.8 Å². The first kappa shape index (κ1) is 18.7. The van der Waals surface area contributed by atoms with Gasteiger partial charge < -0.3 is 15.2 Å². The Morgan fingerprint density at radius 1 is 1.25 bits per heavy atom. The molecule has 2 aliphatic rings. The van der Waals surface area contributed by atoms with Gasteiger partial charge in [-0.2, -0.15) is 4.98 Å². The number of rotatable bonds is 7. The topological polar surface area (TPSA) is 102 Å². The molecule has 0 bridgehead atoms. The number of carbonyl (C=O) groups is 2.